The zero-order valence-corrected chi connectivity index (χ0v) is 14.2. The summed E-state index contributed by atoms with van der Waals surface area (Å²) in [5, 5.41) is 18.0. The van der Waals surface area contributed by atoms with Gasteiger partial charge in [-0.15, -0.1) is 22.6 Å². The normalized spacial score (nSPS) is 18.5. The lowest BCUT2D eigenvalue weighted by molar-refractivity contribution is -0.123. The number of nitrogens with two attached hydrogens (primary N) is 1. The fraction of sp³-hybridized carbons (Fsp3) is 0.769. The van der Waals surface area contributed by atoms with Crippen LogP contribution in [0.2, 0.25) is 0 Å². The van der Waals surface area contributed by atoms with Crippen LogP contribution in [0.15, 0.2) is 0 Å². The molecule has 1 aliphatic heterocycles. The van der Waals surface area contributed by atoms with E-state index in [1.165, 1.54) is 0 Å². The molecule has 2 rings (SSSR count). The van der Waals surface area contributed by atoms with E-state index < -0.39 is 5.91 Å². The van der Waals surface area contributed by atoms with Gasteiger partial charge in [0.25, 0.3) is 0 Å². The number of hydrogen-bond donors (Lipinski definition) is 3. The maximum absolute atomic E-state index is 12.3. The number of halogens is 1. The molecule has 1 aromatic heterocycles. The Hall–Kier alpha value is -1.74. The summed E-state index contributed by atoms with van der Waals surface area (Å²) in [6.07, 6.45) is 2.53. The average molecular weight is 346 g/mol. The first kappa shape index (κ1) is 19.3. The second kappa shape index (κ2) is 8.78. The van der Waals surface area contributed by atoms with Crippen LogP contribution < -0.4 is 16.4 Å². The third-order valence-electron chi connectivity index (χ3n) is 3.48. The molecule has 0 radical (unpaired) electrons. The van der Waals surface area contributed by atoms with Gasteiger partial charge in [-0.2, -0.15) is 4.80 Å². The summed E-state index contributed by atoms with van der Waals surface area (Å²) in [6.45, 7) is 4.85. The van der Waals surface area contributed by atoms with E-state index in [1.807, 2.05) is 0 Å². The predicted molar refractivity (Wildman–Crippen MR) is 85.6 cm³/mol. The summed E-state index contributed by atoms with van der Waals surface area (Å²) >= 11 is 0. The highest BCUT2D eigenvalue weighted by molar-refractivity contribution is 5.85. The van der Waals surface area contributed by atoms with Crippen LogP contribution >= 0.6 is 12.4 Å². The summed E-state index contributed by atoms with van der Waals surface area (Å²) in [5.41, 5.74) is 5.11. The number of carbonyl (C=O) groups is 2. The minimum Gasteiger partial charge on any atom is -0.368 e. The van der Waals surface area contributed by atoms with Crippen LogP contribution in [-0.2, 0) is 16.1 Å². The number of nitrogens with one attached hydrogen (secondary N) is 2. The molecular formula is C13H24ClN7O2. The van der Waals surface area contributed by atoms with Crippen LogP contribution in [0.3, 0.4) is 0 Å². The smallest absolute Gasteiger partial charge is 0.241 e. The molecule has 2 atom stereocenters. The lowest BCUT2D eigenvalue weighted by atomic mass is 10.0. The number of rotatable bonds is 7. The van der Waals surface area contributed by atoms with Gasteiger partial charge < -0.3 is 16.4 Å². The Morgan fingerprint density at radius 2 is 2.22 bits per heavy atom. The van der Waals surface area contributed by atoms with Gasteiger partial charge in [-0.05, 0) is 36.9 Å². The molecule has 0 bridgehead atoms. The molecule has 1 saturated heterocycles. The molecule has 1 aromatic rings. The Morgan fingerprint density at radius 3 is 2.78 bits per heavy atom. The molecule has 0 unspecified atom stereocenters. The largest absolute Gasteiger partial charge is 0.368 e. The number of aromatic nitrogens is 4. The lowest BCUT2D eigenvalue weighted by Gasteiger charge is -2.19. The summed E-state index contributed by atoms with van der Waals surface area (Å²) in [7, 11) is 0. The standard InChI is InChI=1S/C13H23N7O2.ClH/c1-8(2)6-10(16-13(22)9-4-3-5-15-9)12-17-19-20(18-12)7-11(14)21;/h8-10,15H,3-7H2,1-2H3,(H2,14,21)(H,16,22);1H/t9-,10-;/m0./s1. The zero-order chi connectivity index (χ0) is 16.1. The number of nitrogens with zero attached hydrogens (tertiary/aromatic N) is 4. The molecule has 0 saturated carbocycles. The van der Waals surface area contributed by atoms with E-state index in [1.54, 1.807) is 0 Å². The van der Waals surface area contributed by atoms with Gasteiger partial charge in [-0.25, -0.2) is 0 Å². The van der Waals surface area contributed by atoms with Crippen molar-refractivity contribution < 1.29 is 9.59 Å². The maximum Gasteiger partial charge on any atom is 0.241 e. The van der Waals surface area contributed by atoms with Crippen LogP contribution in [0, 0.1) is 5.92 Å². The molecule has 9 nitrogen and oxygen atoms in total. The van der Waals surface area contributed by atoms with Crippen molar-refractivity contribution in [1.29, 1.82) is 0 Å². The first-order valence-electron chi connectivity index (χ1n) is 7.55. The summed E-state index contributed by atoms with van der Waals surface area (Å²) in [4.78, 5) is 24.3. The van der Waals surface area contributed by atoms with Crippen molar-refractivity contribution in [3.63, 3.8) is 0 Å². The van der Waals surface area contributed by atoms with Crippen molar-refractivity contribution in [2.75, 3.05) is 6.54 Å². The van der Waals surface area contributed by atoms with Crippen molar-refractivity contribution in [1.82, 2.24) is 30.8 Å². The van der Waals surface area contributed by atoms with Gasteiger partial charge in [0.2, 0.25) is 11.8 Å². The van der Waals surface area contributed by atoms with Gasteiger partial charge in [0, 0.05) is 0 Å². The summed E-state index contributed by atoms with van der Waals surface area (Å²) in [6, 6.07) is -0.480. The lowest BCUT2D eigenvalue weighted by Crippen LogP contribution is -2.42. The zero-order valence-electron chi connectivity index (χ0n) is 13.4. The van der Waals surface area contributed by atoms with Gasteiger partial charge in [0.1, 0.15) is 6.54 Å². The molecule has 23 heavy (non-hydrogen) atoms. The maximum atomic E-state index is 12.3. The second-order valence-corrected chi connectivity index (χ2v) is 5.98. The number of hydrogen-bond acceptors (Lipinski definition) is 6. The van der Waals surface area contributed by atoms with E-state index in [2.05, 4.69) is 39.9 Å². The molecule has 2 amide bonds. The molecule has 1 fully saturated rings. The SMILES string of the molecule is CC(C)C[C@H](NC(=O)[C@@H]1CCCN1)c1nnn(CC(N)=O)n1.Cl. The van der Waals surface area contributed by atoms with E-state index in [-0.39, 0.29) is 36.9 Å². The predicted octanol–water partition coefficient (Wildman–Crippen LogP) is -0.464. The minimum atomic E-state index is -0.538. The van der Waals surface area contributed by atoms with Crippen molar-refractivity contribution in [3.8, 4) is 0 Å². The van der Waals surface area contributed by atoms with Gasteiger partial charge in [-0.1, -0.05) is 13.8 Å². The van der Waals surface area contributed by atoms with E-state index in [4.69, 9.17) is 5.73 Å². The number of tetrazole rings is 1. The van der Waals surface area contributed by atoms with Crippen LogP contribution in [0.5, 0.6) is 0 Å². The van der Waals surface area contributed by atoms with Crippen LogP contribution in [0.1, 0.15) is 45.0 Å². The highest BCUT2D eigenvalue weighted by atomic mass is 35.5. The van der Waals surface area contributed by atoms with Crippen molar-refractivity contribution in [3.05, 3.63) is 5.82 Å². The Labute approximate surface area is 141 Å². The first-order valence-corrected chi connectivity index (χ1v) is 7.55. The Morgan fingerprint density at radius 1 is 1.48 bits per heavy atom. The molecule has 0 aliphatic carbocycles. The topological polar surface area (TPSA) is 128 Å². The molecular weight excluding hydrogens is 322 g/mol. The fourth-order valence-electron chi connectivity index (χ4n) is 2.48. The van der Waals surface area contributed by atoms with E-state index >= 15 is 0 Å². The Balaban J connectivity index is 0.00000264. The Bertz CT molecular complexity index is 528. The highest BCUT2D eigenvalue weighted by Crippen LogP contribution is 2.18. The average Bonchev–Trinajstić information content (AvgIpc) is 3.07. The molecule has 0 aromatic carbocycles. The van der Waals surface area contributed by atoms with Gasteiger partial charge in [0.05, 0.1) is 12.1 Å². The second-order valence-electron chi connectivity index (χ2n) is 5.98. The van der Waals surface area contributed by atoms with Crippen LogP contribution in [0.25, 0.3) is 0 Å². The van der Waals surface area contributed by atoms with Gasteiger partial charge in [0.15, 0.2) is 5.82 Å². The first-order chi connectivity index (χ1) is 10.5. The van der Waals surface area contributed by atoms with E-state index in [0.717, 1.165) is 24.2 Å². The van der Waals surface area contributed by atoms with Crippen LogP contribution in [0.4, 0.5) is 0 Å². The monoisotopic (exact) mass is 345 g/mol. The van der Waals surface area contributed by atoms with Gasteiger partial charge >= 0.3 is 0 Å². The summed E-state index contributed by atoms with van der Waals surface area (Å²) < 4.78 is 0. The van der Waals surface area contributed by atoms with Crippen molar-refractivity contribution >= 4 is 24.2 Å². The molecule has 1 aliphatic rings. The van der Waals surface area contributed by atoms with Crippen LogP contribution in [-0.4, -0.2) is 44.6 Å². The van der Waals surface area contributed by atoms with E-state index in [9.17, 15) is 9.59 Å². The molecule has 0 spiro atoms. The summed E-state index contributed by atoms with van der Waals surface area (Å²) in [5.74, 6) is 0.171. The molecule has 2 heterocycles. The minimum absolute atomic E-state index is 0. The Kier molecular flexibility index (Phi) is 7.37. The quantitative estimate of drug-likeness (QED) is 0.613. The fourth-order valence-corrected chi connectivity index (χ4v) is 2.48. The molecule has 10 heteroatoms. The van der Waals surface area contributed by atoms with Gasteiger partial charge in [-0.3, -0.25) is 9.59 Å². The molecule has 130 valence electrons. The van der Waals surface area contributed by atoms with Crippen molar-refractivity contribution in [2.24, 2.45) is 11.7 Å². The number of carbonyl (C=O) groups excluding carboxylic acids is 2. The number of amides is 2. The van der Waals surface area contributed by atoms with E-state index in [0.29, 0.717) is 18.2 Å². The third kappa shape index (κ3) is 5.76. The van der Waals surface area contributed by atoms with Crippen molar-refractivity contribution in [2.45, 2.75) is 51.7 Å². The number of primary amides is 1. The third-order valence-corrected chi connectivity index (χ3v) is 3.48. The molecule has 4 N–H and O–H groups in total. The highest BCUT2D eigenvalue weighted by Gasteiger charge is 2.27.